The molecule has 1 aromatic heterocycles. The molecule has 0 spiro atoms. The van der Waals surface area contributed by atoms with Gasteiger partial charge in [-0.25, -0.2) is 0 Å². The second-order valence-corrected chi connectivity index (χ2v) is 7.69. The summed E-state index contributed by atoms with van der Waals surface area (Å²) >= 11 is 0. The summed E-state index contributed by atoms with van der Waals surface area (Å²) in [4.78, 5) is 4.63. The molecule has 4 heteroatoms. The van der Waals surface area contributed by atoms with Gasteiger partial charge in [0.15, 0.2) is 0 Å². The third-order valence-electron chi connectivity index (χ3n) is 4.51. The maximum Gasteiger partial charge on any atom is 0.125 e. The van der Waals surface area contributed by atoms with Crippen LogP contribution >= 0.6 is 0 Å². The summed E-state index contributed by atoms with van der Waals surface area (Å²) in [6, 6.07) is 12.6. The van der Waals surface area contributed by atoms with E-state index in [0.717, 1.165) is 35.6 Å². The zero-order chi connectivity index (χ0) is 21.4. The summed E-state index contributed by atoms with van der Waals surface area (Å²) in [5.41, 5.74) is 4.67. The zero-order valence-corrected chi connectivity index (χ0v) is 18.7. The lowest BCUT2D eigenvalue weighted by molar-refractivity contribution is 0.267. The maximum absolute atomic E-state index is 6.00. The fourth-order valence-corrected chi connectivity index (χ4v) is 3.29. The molecule has 0 N–H and O–H groups in total. The Morgan fingerprint density at radius 3 is 2.17 bits per heavy atom. The van der Waals surface area contributed by atoms with Crippen LogP contribution in [0.4, 0.5) is 0 Å². The molecule has 0 amide bonds. The van der Waals surface area contributed by atoms with E-state index >= 15 is 0 Å². The Morgan fingerprint density at radius 1 is 0.931 bits per heavy atom. The number of hydrogen-bond acceptors (Lipinski definition) is 4. The van der Waals surface area contributed by atoms with E-state index in [9.17, 15) is 0 Å². The van der Waals surface area contributed by atoms with E-state index in [1.165, 1.54) is 22.1 Å². The number of nitrogens with zero attached hydrogens (tertiary/aromatic N) is 1. The smallest absolute Gasteiger partial charge is 0.125 e. The second-order valence-electron chi connectivity index (χ2n) is 7.69. The van der Waals surface area contributed by atoms with Crippen LogP contribution < -0.4 is 9.47 Å². The number of pyridine rings is 1. The van der Waals surface area contributed by atoms with Gasteiger partial charge in [0.05, 0.1) is 19.4 Å². The highest BCUT2D eigenvalue weighted by molar-refractivity contribution is 5.86. The predicted molar refractivity (Wildman–Crippen MR) is 120 cm³/mol. The van der Waals surface area contributed by atoms with Crippen LogP contribution in [0, 0.1) is 19.8 Å². The number of methoxy groups -OCH3 is 2. The molecule has 3 aromatic rings. The van der Waals surface area contributed by atoms with Crippen LogP contribution in [0.5, 0.6) is 11.5 Å². The minimum atomic E-state index is 0.517. The Kier molecular flexibility index (Phi) is 8.47. The number of rotatable bonds is 6. The molecule has 0 radical (unpaired) electrons. The van der Waals surface area contributed by atoms with E-state index in [2.05, 4.69) is 61.7 Å². The lowest BCUT2D eigenvalue weighted by Crippen LogP contribution is -2.07. The average molecular weight is 396 g/mol. The Hall–Kier alpha value is -2.59. The zero-order valence-electron chi connectivity index (χ0n) is 18.7. The van der Waals surface area contributed by atoms with E-state index in [-0.39, 0.29) is 0 Å². The summed E-state index contributed by atoms with van der Waals surface area (Å²) in [6.45, 7) is 9.31. The first-order valence-corrected chi connectivity index (χ1v) is 9.94. The maximum atomic E-state index is 6.00. The van der Waals surface area contributed by atoms with E-state index in [4.69, 9.17) is 9.47 Å². The van der Waals surface area contributed by atoms with Gasteiger partial charge in [-0.15, -0.1) is 0 Å². The van der Waals surface area contributed by atoms with Crippen molar-refractivity contribution in [3.8, 4) is 11.5 Å². The van der Waals surface area contributed by atoms with Gasteiger partial charge in [-0.2, -0.15) is 0 Å². The number of aryl methyl sites for hydroxylation is 2. The number of hydrogen-bond donors (Lipinski definition) is 0. The summed E-state index contributed by atoms with van der Waals surface area (Å²) in [5.74, 6) is 2.38. The SMILES string of the molecule is COC.COc1ccc2ccnc(Cc3cc(C)c(OCC(C)C)c(C)c3)c2c1. The van der Waals surface area contributed by atoms with Crippen LogP contribution in [0.1, 0.15) is 36.2 Å². The van der Waals surface area contributed by atoms with Crippen molar-refractivity contribution in [2.75, 3.05) is 27.9 Å². The molecule has 3 rings (SSSR count). The predicted octanol–water partition coefficient (Wildman–Crippen LogP) is 5.75. The molecule has 0 saturated carbocycles. The molecule has 4 nitrogen and oxygen atoms in total. The van der Waals surface area contributed by atoms with E-state index in [1.807, 2.05) is 18.3 Å². The van der Waals surface area contributed by atoms with Crippen LogP contribution in [-0.2, 0) is 11.2 Å². The van der Waals surface area contributed by atoms with Gasteiger partial charge in [-0.05, 0) is 60.0 Å². The summed E-state index contributed by atoms with van der Waals surface area (Å²) in [7, 11) is 4.94. The molecule has 0 aliphatic rings. The third kappa shape index (κ3) is 6.20. The molecule has 2 aromatic carbocycles. The van der Waals surface area contributed by atoms with Crippen LogP contribution in [0.3, 0.4) is 0 Å². The first kappa shape index (κ1) is 22.7. The summed E-state index contributed by atoms with van der Waals surface area (Å²) in [5, 5.41) is 2.32. The number of ether oxygens (including phenoxy) is 3. The summed E-state index contributed by atoms with van der Waals surface area (Å²) in [6.07, 6.45) is 2.67. The van der Waals surface area contributed by atoms with Gasteiger partial charge in [-0.1, -0.05) is 32.0 Å². The van der Waals surface area contributed by atoms with Crippen molar-refractivity contribution < 1.29 is 14.2 Å². The molecular formula is C25H33NO3. The van der Waals surface area contributed by atoms with Gasteiger partial charge in [0, 0.05) is 32.2 Å². The average Bonchev–Trinajstić information content (AvgIpc) is 2.67. The van der Waals surface area contributed by atoms with Gasteiger partial charge >= 0.3 is 0 Å². The van der Waals surface area contributed by atoms with Gasteiger partial charge < -0.3 is 14.2 Å². The van der Waals surface area contributed by atoms with E-state index in [0.29, 0.717) is 5.92 Å². The van der Waals surface area contributed by atoms with Crippen molar-refractivity contribution in [1.82, 2.24) is 4.98 Å². The standard InChI is InChI=1S/C23H27NO2.C2H6O/c1-15(2)14-26-23-16(3)10-18(11-17(23)4)12-22-21-13-20(25-5)7-6-19(21)8-9-24-22;1-3-2/h6-11,13,15H,12,14H2,1-5H3;1-2H3. The van der Waals surface area contributed by atoms with Crippen molar-refractivity contribution >= 4 is 10.8 Å². The molecule has 0 aliphatic heterocycles. The Balaban J connectivity index is 0.000000941. The van der Waals surface area contributed by atoms with Crippen LogP contribution in [-0.4, -0.2) is 32.9 Å². The minimum Gasteiger partial charge on any atom is -0.497 e. The number of fused-ring (bicyclic) bond motifs is 1. The molecular weight excluding hydrogens is 362 g/mol. The van der Waals surface area contributed by atoms with E-state index in [1.54, 1.807) is 21.3 Å². The lowest BCUT2D eigenvalue weighted by Gasteiger charge is -2.16. The van der Waals surface area contributed by atoms with Gasteiger partial charge in [-0.3, -0.25) is 4.98 Å². The second kappa shape index (κ2) is 10.8. The Labute approximate surface area is 174 Å². The highest BCUT2D eigenvalue weighted by Crippen LogP contribution is 2.28. The summed E-state index contributed by atoms with van der Waals surface area (Å²) < 4.78 is 15.6. The third-order valence-corrected chi connectivity index (χ3v) is 4.51. The van der Waals surface area contributed by atoms with Gasteiger partial charge in [0.2, 0.25) is 0 Å². The lowest BCUT2D eigenvalue weighted by atomic mass is 9.99. The molecule has 0 fully saturated rings. The molecule has 0 atom stereocenters. The largest absolute Gasteiger partial charge is 0.497 e. The topological polar surface area (TPSA) is 40.6 Å². The van der Waals surface area contributed by atoms with Crippen molar-refractivity contribution in [3.63, 3.8) is 0 Å². The van der Waals surface area contributed by atoms with Crippen LogP contribution in [0.25, 0.3) is 10.8 Å². The van der Waals surface area contributed by atoms with Gasteiger partial charge in [0.1, 0.15) is 11.5 Å². The van der Waals surface area contributed by atoms with Crippen molar-refractivity contribution in [2.24, 2.45) is 5.92 Å². The quantitative estimate of drug-likeness (QED) is 0.533. The van der Waals surface area contributed by atoms with Crippen molar-refractivity contribution in [3.05, 3.63) is 65.0 Å². The molecule has 1 heterocycles. The molecule has 0 bridgehead atoms. The molecule has 156 valence electrons. The van der Waals surface area contributed by atoms with Crippen LogP contribution in [0.2, 0.25) is 0 Å². The molecule has 29 heavy (non-hydrogen) atoms. The number of aromatic nitrogens is 1. The monoisotopic (exact) mass is 395 g/mol. The highest BCUT2D eigenvalue weighted by Gasteiger charge is 2.10. The Bertz CT molecular complexity index is 911. The minimum absolute atomic E-state index is 0.517. The number of benzene rings is 2. The molecule has 0 aliphatic carbocycles. The van der Waals surface area contributed by atoms with Crippen LogP contribution in [0.15, 0.2) is 42.6 Å². The van der Waals surface area contributed by atoms with Gasteiger partial charge in [0.25, 0.3) is 0 Å². The van der Waals surface area contributed by atoms with Crippen molar-refractivity contribution in [2.45, 2.75) is 34.1 Å². The van der Waals surface area contributed by atoms with Crippen molar-refractivity contribution in [1.29, 1.82) is 0 Å². The fourth-order valence-electron chi connectivity index (χ4n) is 3.29. The first-order valence-electron chi connectivity index (χ1n) is 9.94. The highest BCUT2D eigenvalue weighted by atomic mass is 16.5. The molecule has 0 saturated heterocycles. The first-order chi connectivity index (χ1) is 13.9. The van der Waals surface area contributed by atoms with E-state index < -0.39 is 0 Å². The Morgan fingerprint density at radius 2 is 1.59 bits per heavy atom. The normalized spacial score (nSPS) is 10.6. The fraction of sp³-hybridized carbons (Fsp3) is 0.400. The molecule has 0 unspecified atom stereocenters.